The van der Waals surface area contributed by atoms with Crippen molar-refractivity contribution in [2.75, 3.05) is 19.4 Å². The number of rotatable bonds is 6. The third-order valence-corrected chi connectivity index (χ3v) is 4.30. The zero-order chi connectivity index (χ0) is 13.7. The first-order valence-electron chi connectivity index (χ1n) is 5.96. The van der Waals surface area contributed by atoms with Gasteiger partial charge >= 0.3 is 5.97 Å². The lowest BCUT2D eigenvalue weighted by molar-refractivity contribution is -0.154. The molecule has 3 N–H and O–H groups in total. The van der Waals surface area contributed by atoms with Crippen molar-refractivity contribution in [1.82, 2.24) is 4.90 Å². The summed E-state index contributed by atoms with van der Waals surface area (Å²) in [5.41, 5.74) is 5.47. The van der Waals surface area contributed by atoms with E-state index in [0.717, 1.165) is 12.8 Å². The predicted octanol–water partition coefficient (Wildman–Crippen LogP) is 0.115. The van der Waals surface area contributed by atoms with Crippen LogP contribution in [0.3, 0.4) is 0 Å². The summed E-state index contributed by atoms with van der Waals surface area (Å²) in [4.78, 5) is 24.9. The lowest BCUT2D eigenvalue weighted by Gasteiger charge is -2.29. The number of thioether (sulfide) groups is 1. The molecular formula is C11H20N2O4S. The van der Waals surface area contributed by atoms with E-state index in [2.05, 4.69) is 0 Å². The number of nitrogens with two attached hydrogens (primary N) is 1. The molecule has 1 heterocycles. The lowest BCUT2D eigenvalue weighted by atomic mass is 10.2. The van der Waals surface area contributed by atoms with E-state index in [1.807, 2.05) is 6.92 Å². The van der Waals surface area contributed by atoms with E-state index in [0.29, 0.717) is 5.75 Å². The van der Waals surface area contributed by atoms with Gasteiger partial charge in [-0.2, -0.15) is 0 Å². The van der Waals surface area contributed by atoms with Crippen molar-refractivity contribution in [2.24, 2.45) is 5.73 Å². The zero-order valence-corrected chi connectivity index (χ0v) is 11.5. The number of methoxy groups -OCH3 is 1. The fourth-order valence-electron chi connectivity index (χ4n) is 1.98. The molecule has 0 aromatic rings. The van der Waals surface area contributed by atoms with E-state index in [1.165, 1.54) is 23.8 Å². The van der Waals surface area contributed by atoms with Gasteiger partial charge < -0.3 is 20.5 Å². The van der Waals surface area contributed by atoms with E-state index in [-0.39, 0.29) is 17.8 Å². The monoisotopic (exact) mass is 276 g/mol. The van der Waals surface area contributed by atoms with Gasteiger partial charge in [0.15, 0.2) is 0 Å². The van der Waals surface area contributed by atoms with Crippen LogP contribution >= 0.6 is 11.8 Å². The molecule has 1 aliphatic heterocycles. The van der Waals surface area contributed by atoms with Gasteiger partial charge in [0, 0.05) is 19.4 Å². The standard InChI is InChI=1S/C11H20N2O4S/c1-3-4-9-13(7(6-18-9)11(15)16)10(14)8(5-12)17-2/h7-9H,3-6,12H2,1-2H3,(H,15,16). The molecule has 1 amide bonds. The quantitative estimate of drug-likeness (QED) is 0.715. The Balaban J connectivity index is 2.88. The van der Waals surface area contributed by atoms with Crippen molar-refractivity contribution in [3.05, 3.63) is 0 Å². The molecule has 0 spiro atoms. The molecular weight excluding hydrogens is 256 g/mol. The van der Waals surface area contributed by atoms with Crippen molar-refractivity contribution in [1.29, 1.82) is 0 Å². The Morgan fingerprint density at radius 2 is 2.28 bits per heavy atom. The molecule has 1 rings (SSSR count). The molecule has 7 heteroatoms. The minimum Gasteiger partial charge on any atom is -0.480 e. The number of carbonyl (C=O) groups is 2. The normalized spacial score (nSPS) is 25.2. The van der Waals surface area contributed by atoms with Crippen molar-refractivity contribution >= 4 is 23.6 Å². The van der Waals surface area contributed by atoms with Crippen molar-refractivity contribution < 1.29 is 19.4 Å². The molecule has 3 unspecified atom stereocenters. The average Bonchev–Trinajstić information content (AvgIpc) is 2.74. The average molecular weight is 276 g/mol. The van der Waals surface area contributed by atoms with Gasteiger partial charge in [0.2, 0.25) is 0 Å². The van der Waals surface area contributed by atoms with Gasteiger partial charge in [-0.05, 0) is 6.42 Å². The number of carbonyl (C=O) groups excluding carboxylic acids is 1. The highest BCUT2D eigenvalue weighted by Crippen LogP contribution is 2.32. The topological polar surface area (TPSA) is 92.9 Å². The maximum absolute atomic E-state index is 12.3. The van der Waals surface area contributed by atoms with Crippen molar-refractivity contribution in [3.8, 4) is 0 Å². The number of carboxylic acid groups (broad SMARTS) is 1. The Kier molecular flexibility index (Phi) is 5.90. The van der Waals surface area contributed by atoms with E-state index in [9.17, 15) is 9.59 Å². The van der Waals surface area contributed by atoms with Gasteiger partial charge in [0.05, 0.1) is 5.37 Å². The Morgan fingerprint density at radius 3 is 2.72 bits per heavy atom. The van der Waals surface area contributed by atoms with E-state index in [4.69, 9.17) is 15.6 Å². The second-order valence-corrected chi connectivity index (χ2v) is 5.35. The van der Waals surface area contributed by atoms with Crippen LogP contribution in [0.5, 0.6) is 0 Å². The Bertz CT molecular complexity index is 309. The molecule has 1 fully saturated rings. The molecule has 104 valence electrons. The maximum Gasteiger partial charge on any atom is 0.327 e. The van der Waals surface area contributed by atoms with Gasteiger partial charge in [-0.15, -0.1) is 11.8 Å². The lowest BCUT2D eigenvalue weighted by Crippen LogP contribution is -2.51. The Hall–Kier alpha value is -0.790. The summed E-state index contributed by atoms with van der Waals surface area (Å²) in [6, 6.07) is -0.775. The number of nitrogens with zero attached hydrogens (tertiary/aromatic N) is 1. The van der Waals surface area contributed by atoms with E-state index >= 15 is 0 Å². The number of carboxylic acids is 1. The highest BCUT2D eigenvalue weighted by atomic mass is 32.2. The molecule has 0 radical (unpaired) electrons. The summed E-state index contributed by atoms with van der Waals surface area (Å²) in [6.07, 6.45) is 0.916. The first-order valence-corrected chi connectivity index (χ1v) is 7.01. The summed E-state index contributed by atoms with van der Waals surface area (Å²) < 4.78 is 5.01. The molecule has 6 nitrogen and oxygen atoms in total. The summed E-state index contributed by atoms with van der Waals surface area (Å²) in [5, 5.41) is 9.08. The van der Waals surface area contributed by atoms with Gasteiger partial charge in [-0.1, -0.05) is 13.3 Å². The van der Waals surface area contributed by atoms with Gasteiger partial charge in [-0.3, -0.25) is 4.79 Å². The summed E-state index contributed by atoms with van der Waals surface area (Å²) in [6.45, 7) is 2.07. The molecule has 0 aromatic carbocycles. The van der Waals surface area contributed by atoms with E-state index < -0.39 is 18.1 Å². The van der Waals surface area contributed by atoms with Crippen LogP contribution in [0.2, 0.25) is 0 Å². The molecule has 0 aromatic heterocycles. The minimum atomic E-state index is -0.971. The predicted molar refractivity (Wildman–Crippen MR) is 69.3 cm³/mol. The molecule has 1 aliphatic rings. The fourth-order valence-corrected chi connectivity index (χ4v) is 3.50. The number of hydrogen-bond donors (Lipinski definition) is 2. The Labute approximate surface area is 111 Å². The highest BCUT2D eigenvalue weighted by molar-refractivity contribution is 8.00. The smallest absolute Gasteiger partial charge is 0.327 e. The van der Waals surface area contributed by atoms with Crippen LogP contribution in [0.15, 0.2) is 0 Å². The largest absolute Gasteiger partial charge is 0.480 e. The number of aliphatic carboxylic acids is 1. The van der Waals surface area contributed by atoms with Gasteiger partial charge in [0.25, 0.3) is 5.91 Å². The van der Waals surface area contributed by atoms with E-state index in [1.54, 1.807) is 0 Å². The first kappa shape index (κ1) is 15.3. The van der Waals surface area contributed by atoms with Crippen LogP contribution in [0.4, 0.5) is 0 Å². The van der Waals surface area contributed by atoms with Gasteiger partial charge in [0.1, 0.15) is 12.1 Å². The number of hydrogen-bond acceptors (Lipinski definition) is 5. The molecule has 0 bridgehead atoms. The minimum absolute atomic E-state index is 0.0572. The third-order valence-electron chi connectivity index (χ3n) is 2.94. The van der Waals surface area contributed by atoms with Crippen LogP contribution < -0.4 is 5.73 Å². The van der Waals surface area contributed by atoms with Crippen LogP contribution in [-0.4, -0.2) is 58.8 Å². The molecule has 0 aliphatic carbocycles. The second-order valence-electron chi connectivity index (χ2n) is 4.14. The summed E-state index contributed by atoms with van der Waals surface area (Å²) in [7, 11) is 1.41. The van der Waals surface area contributed by atoms with Crippen molar-refractivity contribution in [2.45, 2.75) is 37.3 Å². The Morgan fingerprint density at radius 1 is 1.61 bits per heavy atom. The second kappa shape index (κ2) is 6.96. The third kappa shape index (κ3) is 3.15. The highest BCUT2D eigenvalue weighted by Gasteiger charge is 2.43. The number of ether oxygens (including phenoxy) is 1. The van der Waals surface area contributed by atoms with Crippen LogP contribution in [0.25, 0.3) is 0 Å². The fraction of sp³-hybridized carbons (Fsp3) is 0.818. The van der Waals surface area contributed by atoms with Crippen LogP contribution in [-0.2, 0) is 14.3 Å². The molecule has 3 atom stereocenters. The van der Waals surface area contributed by atoms with Gasteiger partial charge in [-0.25, -0.2) is 4.79 Å². The van der Waals surface area contributed by atoms with Crippen LogP contribution in [0, 0.1) is 0 Å². The zero-order valence-electron chi connectivity index (χ0n) is 10.7. The summed E-state index contributed by atoms with van der Waals surface area (Å²) in [5.74, 6) is -0.871. The number of amides is 1. The molecule has 0 saturated carbocycles. The van der Waals surface area contributed by atoms with Crippen molar-refractivity contribution in [3.63, 3.8) is 0 Å². The summed E-state index contributed by atoms with van der Waals surface area (Å²) >= 11 is 1.51. The molecule has 18 heavy (non-hydrogen) atoms. The first-order chi connectivity index (χ1) is 8.56. The SMILES string of the molecule is CCCC1SCC(C(=O)O)N1C(=O)C(CN)OC. The molecule has 1 saturated heterocycles. The van der Waals surface area contributed by atoms with Crippen LogP contribution in [0.1, 0.15) is 19.8 Å². The maximum atomic E-state index is 12.3.